The van der Waals surface area contributed by atoms with Crippen LogP contribution in [0.25, 0.3) is 0 Å². The van der Waals surface area contributed by atoms with E-state index in [9.17, 15) is 4.79 Å². The lowest BCUT2D eigenvalue weighted by Gasteiger charge is -2.34. The molecule has 0 aromatic heterocycles. The average Bonchev–Trinajstić information content (AvgIpc) is 2.48. The molecule has 1 unspecified atom stereocenters. The minimum Gasteiger partial charge on any atom is -0.358 e. The molecule has 0 aliphatic carbocycles. The molecule has 1 saturated heterocycles. The second kappa shape index (κ2) is 6.93. The molecular formula is C14H21N3OS. The Kier molecular flexibility index (Phi) is 5.24. The lowest BCUT2D eigenvalue weighted by Crippen LogP contribution is -2.56. The number of benzene rings is 1. The van der Waals surface area contributed by atoms with E-state index in [0.29, 0.717) is 0 Å². The van der Waals surface area contributed by atoms with Crippen molar-refractivity contribution < 1.29 is 4.79 Å². The van der Waals surface area contributed by atoms with Gasteiger partial charge in [0.15, 0.2) is 0 Å². The molecule has 19 heavy (non-hydrogen) atoms. The van der Waals surface area contributed by atoms with E-state index < -0.39 is 0 Å². The van der Waals surface area contributed by atoms with Gasteiger partial charge in [-0.15, -0.1) is 11.8 Å². The van der Waals surface area contributed by atoms with Gasteiger partial charge in [-0.1, -0.05) is 12.1 Å². The van der Waals surface area contributed by atoms with Crippen LogP contribution in [0.4, 0.5) is 0 Å². The Morgan fingerprint density at radius 1 is 1.47 bits per heavy atom. The maximum absolute atomic E-state index is 11.9. The normalized spacial score (nSPS) is 20.2. The van der Waals surface area contributed by atoms with Gasteiger partial charge in [-0.2, -0.15) is 0 Å². The van der Waals surface area contributed by atoms with E-state index in [-0.39, 0.29) is 11.9 Å². The molecule has 1 heterocycles. The number of nitrogens with one attached hydrogen (secondary N) is 2. The first-order valence-corrected chi connectivity index (χ1v) is 7.76. The Hall–Kier alpha value is -1.04. The molecule has 1 fully saturated rings. The molecule has 4 nitrogen and oxygen atoms in total. The topological polar surface area (TPSA) is 44.4 Å². The molecule has 1 atom stereocenters. The fraction of sp³-hybridized carbons (Fsp3) is 0.500. The summed E-state index contributed by atoms with van der Waals surface area (Å²) in [5.41, 5.74) is 1.26. The van der Waals surface area contributed by atoms with Gasteiger partial charge in [0, 0.05) is 38.1 Å². The van der Waals surface area contributed by atoms with Gasteiger partial charge in [-0.25, -0.2) is 0 Å². The van der Waals surface area contributed by atoms with Crippen molar-refractivity contribution in [1.82, 2.24) is 15.5 Å². The average molecular weight is 279 g/mol. The van der Waals surface area contributed by atoms with Crippen LogP contribution in [-0.4, -0.2) is 49.8 Å². The van der Waals surface area contributed by atoms with Crippen molar-refractivity contribution >= 4 is 17.7 Å². The molecule has 2 rings (SSSR count). The molecule has 0 spiro atoms. The van der Waals surface area contributed by atoms with E-state index in [1.165, 1.54) is 10.5 Å². The van der Waals surface area contributed by atoms with Crippen molar-refractivity contribution in [3.8, 4) is 0 Å². The number of rotatable bonds is 4. The first-order valence-electron chi connectivity index (χ1n) is 6.54. The van der Waals surface area contributed by atoms with Crippen LogP contribution in [-0.2, 0) is 11.3 Å². The van der Waals surface area contributed by atoms with Crippen LogP contribution in [0, 0.1) is 0 Å². The molecular weight excluding hydrogens is 258 g/mol. The third-order valence-corrected chi connectivity index (χ3v) is 4.19. The third kappa shape index (κ3) is 3.72. The summed E-state index contributed by atoms with van der Waals surface area (Å²) in [6.07, 6.45) is 2.08. The lowest BCUT2D eigenvalue weighted by atomic mass is 10.1. The van der Waals surface area contributed by atoms with E-state index >= 15 is 0 Å². The number of carbonyl (C=O) groups is 1. The van der Waals surface area contributed by atoms with E-state index in [2.05, 4.69) is 46.1 Å². The molecule has 0 radical (unpaired) electrons. The summed E-state index contributed by atoms with van der Waals surface area (Å²) in [6.45, 7) is 3.40. The van der Waals surface area contributed by atoms with Gasteiger partial charge >= 0.3 is 0 Å². The first-order chi connectivity index (χ1) is 9.24. The highest BCUT2D eigenvalue weighted by molar-refractivity contribution is 7.98. The smallest absolute Gasteiger partial charge is 0.238 e. The number of hydrogen-bond donors (Lipinski definition) is 2. The van der Waals surface area contributed by atoms with Crippen molar-refractivity contribution in [2.24, 2.45) is 0 Å². The minimum absolute atomic E-state index is 0.0704. The molecule has 2 N–H and O–H groups in total. The Balaban J connectivity index is 2.03. The van der Waals surface area contributed by atoms with Crippen LogP contribution >= 0.6 is 11.8 Å². The monoisotopic (exact) mass is 279 g/mol. The fourth-order valence-corrected chi connectivity index (χ4v) is 2.73. The maximum Gasteiger partial charge on any atom is 0.238 e. The predicted octanol–water partition coefficient (Wildman–Crippen LogP) is 0.928. The highest BCUT2D eigenvalue weighted by Crippen LogP contribution is 2.17. The zero-order valence-corrected chi connectivity index (χ0v) is 12.3. The summed E-state index contributed by atoms with van der Waals surface area (Å²) in [4.78, 5) is 15.4. The molecule has 0 saturated carbocycles. The summed E-state index contributed by atoms with van der Waals surface area (Å²) in [5.74, 6) is 0.0907. The summed E-state index contributed by atoms with van der Waals surface area (Å²) in [6, 6.07) is 8.50. The molecule has 1 aromatic rings. The SMILES string of the molecule is CNC(=O)C1CNCCN1Cc1ccc(SC)cc1. The molecule has 1 amide bonds. The largest absolute Gasteiger partial charge is 0.358 e. The summed E-state index contributed by atoms with van der Waals surface area (Å²) in [7, 11) is 1.70. The van der Waals surface area contributed by atoms with Gasteiger partial charge in [0.2, 0.25) is 5.91 Å². The van der Waals surface area contributed by atoms with Crippen LogP contribution in [0.1, 0.15) is 5.56 Å². The number of amides is 1. The lowest BCUT2D eigenvalue weighted by molar-refractivity contribution is -0.126. The van der Waals surface area contributed by atoms with Gasteiger partial charge in [-0.05, 0) is 24.0 Å². The van der Waals surface area contributed by atoms with E-state index in [1.807, 2.05) is 0 Å². The number of carbonyl (C=O) groups excluding carboxylic acids is 1. The Morgan fingerprint density at radius 3 is 2.84 bits per heavy atom. The maximum atomic E-state index is 11.9. The van der Waals surface area contributed by atoms with Crippen LogP contribution in [0.15, 0.2) is 29.2 Å². The second-order valence-electron chi connectivity index (χ2n) is 4.65. The van der Waals surface area contributed by atoms with Crippen molar-refractivity contribution in [2.75, 3.05) is 32.9 Å². The van der Waals surface area contributed by atoms with Crippen molar-refractivity contribution in [3.05, 3.63) is 29.8 Å². The van der Waals surface area contributed by atoms with E-state index in [4.69, 9.17) is 0 Å². The summed E-state index contributed by atoms with van der Waals surface area (Å²) < 4.78 is 0. The Labute approximate surface area is 118 Å². The van der Waals surface area contributed by atoms with Crippen molar-refractivity contribution in [2.45, 2.75) is 17.5 Å². The quantitative estimate of drug-likeness (QED) is 0.805. The molecule has 1 aliphatic rings. The zero-order valence-electron chi connectivity index (χ0n) is 11.5. The second-order valence-corrected chi connectivity index (χ2v) is 5.53. The number of hydrogen-bond acceptors (Lipinski definition) is 4. The van der Waals surface area contributed by atoms with E-state index in [0.717, 1.165) is 26.2 Å². The highest BCUT2D eigenvalue weighted by Gasteiger charge is 2.27. The van der Waals surface area contributed by atoms with E-state index in [1.54, 1.807) is 18.8 Å². The van der Waals surface area contributed by atoms with Crippen LogP contribution < -0.4 is 10.6 Å². The first kappa shape index (κ1) is 14.4. The van der Waals surface area contributed by atoms with Crippen LogP contribution in [0.3, 0.4) is 0 Å². The van der Waals surface area contributed by atoms with Gasteiger partial charge in [0.1, 0.15) is 6.04 Å². The number of likely N-dealkylation sites (N-methyl/N-ethyl adjacent to an activating group) is 1. The van der Waals surface area contributed by atoms with Crippen LogP contribution in [0.5, 0.6) is 0 Å². The summed E-state index contributed by atoms with van der Waals surface area (Å²) >= 11 is 1.74. The fourth-order valence-electron chi connectivity index (χ4n) is 2.33. The van der Waals surface area contributed by atoms with Crippen LogP contribution in [0.2, 0.25) is 0 Å². The number of piperazine rings is 1. The van der Waals surface area contributed by atoms with Gasteiger partial charge in [0.25, 0.3) is 0 Å². The molecule has 1 aromatic carbocycles. The van der Waals surface area contributed by atoms with Gasteiger partial charge in [0.05, 0.1) is 0 Å². The summed E-state index contributed by atoms with van der Waals surface area (Å²) in [5, 5.41) is 6.02. The number of thioether (sulfide) groups is 1. The Morgan fingerprint density at radius 2 is 2.21 bits per heavy atom. The zero-order chi connectivity index (χ0) is 13.7. The molecule has 0 bridgehead atoms. The van der Waals surface area contributed by atoms with Crippen molar-refractivity contribution in [3.63, 3.8) is 0 Å². The van der Waals surface area contributed by atoms with Gasteiger partial charge in [-0.3, -0.25) is 9.69 Å². The van der Waals surface area contributed by atoms with Crippen molar-refractivity contribution in [1.29, 1.82) is 0 Å². The highest BCUT2D eigenvalue weighted by atomic mass is 32.2. The molecule has 1 aliphatic heterocycles. The molecule has 104 valence electrons. The molecule has 5 heteroatoms. The Bertz CT molecular complexity index is 421. The third-order valence-electron chi connectivity index (χ3n) is 3.45. The number of nitrogens with zero attached hydrogens (tertiary/aromatic N) is 1. The minimum atomic E-state index is -0.0704. The standard InChI is InChI=1S/C14H21N3OS/c1-15-14(18)13-9-16-7-8-17(13)10-11-3-5-12(19-2)6-4-11/h3-6,13,16H,7-10H2,1-2H3,(H,15,18). The predicted molar refractivity (Wildman–Crippen MR) is 79.4 cm³/mol. The van der Waals surface area contributed by atoms with Gasteiger partial charge < -0.3 is 10.6 Å².